The molecule has 0 bridgehead atoms. The van der Waals surface area contributed by atoms with Crippen LogP contribution in [0.3, 0.4) is 0 Å². The Labute approximate surface area is 66.0 Å². The van der Waals surface area contributed by atoms with Crippen molar-refractivity contribution in [3.05, 3.63) is 0 Å². The van der Waals surface area contributed by atoms with Gasteiger partial charge in [-0.25, -0.2) is 0 Å². The van der Waals surface area contributed by atoms with Crippen LogP contribution in [-0.2, 0) is 13.6 Å². The lowest BCUT2D eigenvalue weighted by atomic mass is 10.1. The smallest absolute Gasteiger partial charge is 0.361 e. The molecule has 3 atom stereocenters. The van der Waals surface area contributed by atoms with Crippen LogP contribution in [-0.4, -0.2) is 24.2 Å². The minimum absolute atomic E-state index is 0.145. The summed E-state index contributed by atoms with van der Waals surface area (Å²) in [6.07, 6.45) is 0. The highest BCUT2D eigenvalue weighted by atomic mass is 31.2. The standard InChI is InChI=1S/C6H13O4P/c1-5-4-10-11(8,9-3)6(5,2)7/h5,7H,4H2,1-3H3/t5-,6-,11+/m1/s1. The molecule has 1 saturated heterocycles. The molecule has 5 heteroatoms. The summed E-state index contributed by atoms with van der Waals surface area (Å²) >= 11 is 0. The third-order valence-electron chi connectivity index (χ3n) is 2.22. The molecule has 0 radical (unpaired) electrons. The second kappa shape index (κ2) is 2.56. The van der Waals surface area contributed by atoms with Crippen molar-refractivity contribution in [3.8, 4) is 0 Å². The van der Waals surface area contributed by atoms with Crippen LogP contribution >= 0.6 is 7.60 Å². The largest absolute Gasteiger partial charge is 0.377 e. The van der Waals surface area contributed by atoms with Gasteiger partial charge in [0.2, 0.25) is 0 Å². The number of hydrogen-bond donors (Lipinski definition) is 1. The van der Waals surface area contributed by atoms with Crippen LogP contribution < -0.4 is 0 Å². The lowest BCUT2D eigenvalue weighted by Gasteiger charge is -2.24. The van der Waals surface area contributed by atoms with Crippen LogP contribution in [0.25, 0.3) is 0 Å². The third-order valence-corrected chi connectivity index (χ3v) is 4.74. The average molecular weight is 180 g/mol. The lowest BCUT2D eigenvalue weighted by Crippen LogP contribution is -2.28. The van der Waals surface area contributed by atoms with Gasteiger partial charge in [0.25, 0.3) is 0 Å². The Morgan fingerprint density at radius 3 is 2.55 bits per heavy atom. The summed E-state index contributed by atoms with van der Waals surface area (Å²) in [5, 5.41) is 8.34. The van der Waals surface area contributed by atoms with E-state index in [0.717, 1.165) is 0 Å². The fourth-order valence-electron chi connectivity index (χ4n) is 1.01. The van der Waals surface area contributed by atoms with Gasteiger partial charge in [-0.2, -0.15) is 0 Å². The van der Waals surface area contributed by atoms with Crippen LogP contribution in [0.5, 0.6) is 0 Å². The van der Waals surface area contributed by atoms with Gasteiger partial charge in [-0.3, -0.25) is 4.57 Å². The first-order valence-electron chi connectivity index (χ1n) is 3.47. The molecule has 0 aromatic heterocycles. The summed E-state index contributed by atoms with van der Waals surface area (Å²) < 4.78 is 21.1. The van der Waals surface area contributed by atoms with E-state index in [4.69, 9.17) is 4.52 Å². The number of aliphatic hydroxyl groups is 1. The topological polar surface area (TPSA) is 55.8 Å². The first-order chi connectivity index (χ1) is 4.94. The van der Waals surface area contributed by atoms with Gasteiger partial charge >= 0.3 is 7.60 Å². The van der Waals surface area contributed by atoms with Crippen LogP contribution in [0.1, 0.15) is 13.8 Å². The van der Waals surface area contributed by atoms with Crippen molar-refractivity contribution in [1.29, 1.82) is 0 Å². The molecule has 0 amide bonds. The van der Waals surface area contributed by atoms with Gasteiger partial charge in [-0.15, -0.1) is 0 Å². The quantitative estimate of drug-likeness (QED) is 0.616. The molecule has 66 valence electrons. The number of rotatable bonds is 1. The number of hydrogen-bond acceptors (Lipinski definition) is 4. The minimum Gasteiger partial charge on any atom is -0.377 e. The van der Waals surface area contributed by atoms with Crippen molar-refractivity contribution in [2.45, 2.75) is 19.2 Å². The van der Waals surface area contributed by atoms with E-state index in [1.807, 2.05) is 0 Å². The molecule has 0 saturated carbocycles. The molecule has 0 aromatic carbocycles. The Kier molecular flexibility index (Phi) is 2.14. The summed E-state index contributed by atoms with van der Waals surface area (Å²) in [5.74, 6) is -0.145. The van der Waals surface area contributed by atoms with Gasteiger partial charge in [0.1, 0.15) is 0 Å². The van der Waals surface area contributed by atoms with Crippen molar-refractivity contribution in [2.24, 2.45) is 5.92 Å². The van der Waals surface area contributed by atoms with Crippen molar-refractivity contribution >= 4 is 7.60 Å². The maximum atomic E-state index is 11.6. The molecular weight excluding hydrogens is 167 g/mol. The normalized spacial score (nSPS) is 51.5. The zero-order valence-electron chi connectivity index (χ0n) is 6.90. The van der Waals surface area contributed by atoms with Crippen molar-refractivity contribution in [2.75, 3.05) is 13.7 Å². The molecule has 4 nitrogen and oxygen atoms in total. The molecule has 0 aromatic rings. The molecule has 0 spiro atoms. The third kappa shape index (κ3) is 1.14. The SMILES string of the molecule is CO[P@]1(=O)OC[C@@H](C)[C@]1(C)O. The second-order valence-electron chi connectivity index (χ2n) is 2.97. The highest BCUT2D eigenvalue weighted by Gasteiger charge is 2.54. The molecule has 11 heavy (non-hydrogen) atoms. The van der Waals surface area contributed by atoms with Gasteiger partial charge in [-0.1, -0.05) is 6.92 Å². The van der Waals surface area contributed by atoms with Crippen LogP contribution in [0.15, 0.2) is 0 Å². The zero-order chi connectivity index (χ0) is 8.70. The molecule has 1 rings (SSSR count). The minimum atomic E-state index is -3.25. The highest BCUT2D eigenvalue weighted by molar-refractivity contribution is 7.55. The van der Waals surface area contributed by atoms with Crippen LogP contribution in [0.2, 0.25) is 0 Å². The van der Waals surface area contributed by atoms with Gasteiger partial charge in [0.05, 0.1) is 6.61 Å². The van der Waals surface area contributed by atoms with E-state index in [9.17, 15) is 9.67 Å². The Morgan fingerprint density at radius 2 is 2.36 bits per heavy atom. The van der Waals surface area contributed by atoms with E-state index in [0.29, 0.717) is 0 Å². The Bertz CT molecular complexity index is 201. The van der Waals surface area contributed by atoms with Crippen LogP contribution in [0, 0.1) is 5.92 Å². The predicted molar refractivity (Wildman–Crippen MR) is 40.4 cm³/mol. The Morgan fingerprint density at radius 1 is 1.82 bits per heavy atom. The van der Waals surface area contributed by atoms with E-state index in [1.54, 1.807) is 6.92 Å². The average Bonchev–Trinajstić information content (AvgIpc) is 2.15. The van der Waals surface area contributed by atoms with E-state index >= 15 is 0 Å². The van der Waals surface area contributed by atoms with E-state index in [1.165, 1.54) is 14.0 Å². The summed E-state index contributed by atoms with van der Waals surface area (Å²) in [6, 6.07) is 0. The Hall–Kier alpha value is 0.110. The molecule has 1 heterocycles. The second-order valence-corrected chi connectivity index (χ2v) is 5.49. The Balaban J connectivity index is 2.95. The molecule has 1 aliphatic rings. The fourth-order valence-corrected chi connectivity index (χ4v) is 2.78. The van der Waals surface area contributed by atoms with Crippen molar-refractivity contribution in [1.82, 2.24) is 0 Å². The van der Waals surface area contributed by atoms with Crippen LogP contribution in [0.4, 0.5) is 0 Å². The van der Waals surface area contributed by atoms with Gasteiger partial charge in [0, 0.05) is 13.0 Å². The van der Waals surface area contributed by atoms with E-state index in [2.05, 4.69) is 4.52 Å². The van der Waals surface area contributed by atoms with Gasteiger partial charge in [-0.05, 0) is 6.92 Å². The zero-order valence-corrected chi connectivity index (χ0v) is 7.80. The molecule has 0 unspecified atom stereocenters. The van der Waals surface area contributed by atoms with E-state index < -0.39 is 12.9 Å². The molecule has 1 N–H and O–H groups in total. The predicted octanol–water partition coefficient (Wildman–Crippen LogP) is 1.20. The molecule has 1 aliphatic heterocycles. The highest BCUT2D eigenvalue weighted by Crippen LogP contribution is 2.65. The van der Waals surface area contributed by atoms with E-state index in [-0.39, 0.29) is 12.5 Å². The maximum absolute atomic E-state index is 11.6. The fraction of sp³-hybridized carbons (Fsp3) is 1.00. The van der Waals surface area contributed by atoms with Crippen molar-refractivity contribution in [3.63, 3.8) is 0 Å². The molecule has 1 fully saturated rings. The maximum Gasteiger partial charge on any atom is 0.361 e. The summed E-state index contributed by atoms with van der Waals surface area (Å²) in [5.41, 5.74) is 0. The van der Waals surface area contributed by atoms with Gasteiger partial charge < -0.3 is 14.2 Å². The summed E-state index contributed by atoms with van der Waals surface area (Å²) in [7, 11) is -1.97. The molecule has 0 aliphatic carbocycles. The lowest BCUT2D eigenvalue weighted by molar-refractivity contribution is 0.0884. The van der Waals surface area contributed by atoms with Gasteiger partial charge in [0.15, 0.2) is 5.34 Å². The first-order valence-corrected chi connectivity index (χ1v) is 5.01. The summed E-state index contributed by atoms with van der Waals surface area (Å²) in [6.45, 7) is 3.55. The monoisotopic (exact) mass is 180 g/mol. The summed E-state index contributed by atoms with van der Waals surface area (Å²) in [4.78, 5) is 0. The first kappa shape index (κ1) is 9.20. The molecular formula is C6H13O4P. The van der Waals surface area contributed by atoms with Crippen molar-refractivity contribution < 1.29 is 18.7 Å².